The molecule has 1 aliphatic heterocycles. The number of rotatable bonds is 3. The first-order chi connectivity index (χ1) is 12.7. The summed E-state index contributed by atoms with van der Waals surface area (Å²) in [5.41, 5.74) is 4.31. The van der Waals surface area contributed by atoms with Crippen LogP contribution in [0.15, 0.2) is 63.8 Å². The normalized spacial score (nSPS) is 14.3. The lowest BCUT2D eigenvalue weighted by molar-refractivity contribution is 0.0998. The zero-order valence-corrected chi connectivity index (χ0v) is 14.1. The van der Waals surface area contributed by atoms with E-state index in [2.05, 4.69) is 4.98 Å². The molecule has 1 amide bonds. The average molecular weight is 350 g/mol. The van der Waals surface area contributed by atoms with E-state index in [9.17, 15) is 9.59 Å². The van der Waals surface area contributed by atoms with Gasteiger partial charge in [-0.25, -0.2) is 9.59 Å². The molecule has 26 heavy (non-hydrogen) atoms. The molecule has 3 aromatic rings. The minimum absolute atomic E-state index is 0.274. The number of hydrogen-bond acceptors (Lipinski definition) is 4. The van der Waals surface area contributed by atoms with Crippen LogP contribution in [0.1, 0.15) is 17.5 Å². The summed E-state index contributed by atoms with van der Waals surface area (Å²) < 4.78 is 10.5. The minimum atomic E-state index is -0.456. The van der Waals surface area contributed by atoms with E-state index in [-0.39, 0.29) is 12.7 Å². The Balaban J connectivity index is 1.40. The molecule has 0 bridgehead atoms. The van der Waals surface area contributed by atoms with Gasteiger partial charge in [0.15, 0.2) is 5.58 Å². The molecule has 0 saturated heterocycles. The van der Waals surface area contributed by atoms with Crippen molar-refractivity contribution >= 4 is 22.8 Å². The van der Waals surface area contributed by atoms with Gasteiger partial charge in [0.2, 0.25) is 0 Å². The summed E-state index contributed by atoms with van der Waals surface area (Å²) in [6, 6.07) is 15.2. The van der Waals surface area contributed by atoms with E-state index < -0.39 is 5.76 Å². The molecule has 132 valence electrons. The Morgan fingerprint density at radius 1 is 1.19 bits per heavy atom. The van der Waals surface area contributed by atoms with Gasteiger partial charge in [0.25, 0.3) is 0 Å². The van der Waals surface area contributed by atoms with Gasteiger partial charge < -0.3 is 14.1 Å². The van der Waals surface area contributed by atoms with Crippen LogP contribution in [-0.2, 0) is 11.3 Å². The Morgan fingerprint density at radius 2 is 2.04 bits per heavy atom. The van der Waals surface area contributed by atoms with Crippen LogP contribution < -0.4 is 5.76 Å². The average Bonchev–Trinajstić information content (AvgIpc) is 3.06. The summed E-state index contributed by atoms with van der Waals surface area (Å²) in [7, 11) is 0. The van der Waals surface area contributed by atoms with Crippen molar-refractivity contribution in [3.63, 3.8) is 0 Å². The van der Waals surface area contributed by atoms with Crippen LogP contribution in [0, 0.1) is 0 Å². The first-order valence-electron chi connectivity index (χ1n) is 8.47. The van der Waals surface area contributed by atoms with E-state index in [1.54, 1.807) is 4.90 Å². The number of hydrogen-bond donors (Lipinski definition) is 1. The third-order valence-electron chi connectivity index (χ3n) is 4.46. The van der Waals surface area contributed by atoms with E-state index in [1.807, 2.05) is 54.6 Å². The number of aromatic amines is 1. The van der Waals surface area contributed by atoms with Gasteiger partial charge >= 0.3 is 11.8 Å². The van der Waals surface area contributed by atoms with E-state index >= 15 is 0 Å². The van der Waals surface area contributed by atoms with Crippen LogP contribution >= 0.6 is 0 Å². The number of fused-ring (bicyclic) bond motifs is 1. The summed E-state index contributed by atoms with van der Waals surface area (Å²) in [5.74, 6) is -0.456. The molecular formula is C20H18N2O4. The molecule has 1 aliphatic rings. The summed E-state index contributed by atoms with van der Waals surface area (Å²) in [4.78, 5) is 27.8. The van der Waals surface area contributed by atoms with Crippen LogP contribution in [0.25, 0.3) is 16.7 Å². The molecule has 0 saturated carbocycles. The van der Waals surface area contributed by atoms with Crippen molar-refractivity contribution < 1.29 is 13.9 Å². The van der Waals surface area contributed by atoms with Gasteiger partial charge in [-0.05, 0) is 35.3 Å². The molecule has 1 N–H and O–H groups in total. The molecule has 0 spiro atoms. The van der Waals surface area contributed by atoms with Gasteiger partial charge in [0.1, 0.15) is 6.61 Å². The van der Waals surface area contributed by atoms with Gasteiger partial charge in [-0.2, -0.15) is 0 Å². The van der Waals surface area contributed by atoms with Crippen molar-refractivity contribution in [2.24, 2.45) is 0 Å². The Bertz CT molecular complexity index is 1020. The van der Waals surface area contributed by atoms with Gasteiger partial charge in [0, 0.05) is 13.1 Å². The number of benzene rings is 2. The number of carbonyl (C=O) groups excluding carboxylic acids is 1. The van der Waals surface area contributed by atoms with Gasteiger partial charge in [-0.1, -0.05) is 42.5 Å². The number of ether oxygens (including phenoxy) is 1. The number of nitrogens with zero attached hydrogens (tertiary/aromatic N) is 1. The zero-order chi connectivity index (χ0) is 17.9. The lowest BCUT2D eigenvalue weighted by Gasteiger charge is -2.26. The predicted octanol–water partition coefficient (Wildman–Crippen LogP) is 3.55. The number of aromatic nitrogens is 1. The highest BCUT2D eigenvalue weighted by molar-refractivity contribution is 5.80. The van der Waals surface area contributed by atoms with Crippen molar-refractivity contribution in [3.05, 3.63) is 76.3 Å². The fourth-order valence-electron chi connectivity index (χ4n) is 3.05. The monoisotopic (exact) mass is 350 g/mol. The van der Waals surface area contributed by atoms with Crippen LogP contribution in [0.5, 0.6) is 0 Å². The van der Waals surface area contributed by atoms with E-state index in [4.69, 9.17) is 9.15 Å². The molecule has 4 rings (SSSR count). The van der Waals surface area contributed by atoms with Crippen LogP contribution in [0.2, 0.25) is 0 Å². The maximum Gasteiger partial charge on any atom is 0.417 e. The molecule has 2 aromatic carbocycles. The predicted molar refractivity (Wildman–Crippen MR) is 97.6 cm³/mol. The van der Waals surface area contributed by atoms with Crippen molar-refractivity contribution in [2.45, 2.75) is 13.0 Å². The van der Waals surface area contributed by atoms with E-state index in [1.165, 1.54) is 0 Å². The molecule has 0 fully saturated rings. The number of nitrogens with one attached hydrogen (secondary N) is 1. The Kier molecular flexibility index (Phi) is 4.31. The fraction of sp³-hybridized carbons (Fsp3) is 0.200. The Hall–Kier alpha value is -3.28. The van der Waals surface area contributed by atoms with Gasteiger partial charge in [-0.3, -0.25) is 4.98 Å². The third-order valence-corrected chi connectivity index (χ3v) is 4.46. The smallest absolute Gasteiger partial charge is 0.417 e. The molecule has 2 heterocycles. The topological polar surface area (TPSA) is 75.5 Å². The largest absolute Gasteiger partial charge is 0.445 e. The van der Waals surface area contributed by atoms with Crippen molar-refractivity contribution in [1.82, 2.24) is 9.88 Å². The van der Waals surface area contributed by atoms with Gasteiger partial charge in [0.05, 0.1) is 5.52 Å². The highest BCUT2D eigenvalue weighted by atomic mass is 16.6. The van der Waals surface area contributed by atoms with Crippen LogP contribution in [0.4, 0.5) is 4.79 Å². The van der Waals surface area contributed by atoms with Crippen molar-refractivity contribution in [2.75, 3.05) is 13.1 Å². The number of carbonyl (C=O) groups is 1. The standard InChI is InChI=1S/C20H18N2O4/c23-19-21-17-7-6-16(12-18(17)26-19)15-8-10-22(11-9-15)20(24)25-13-14-4-2-1-3-5-14/h1-8,12H,9-11,13H2,(H,21,23). The van der Waals surface area contributed by atoms with E-state index in [0.717, 1.165) is 23.1 Å². The third kappa shape index (κ3) is 3.39. The molecule has 0 atom stereocenters. The molecule has 1 aromatic heterocycles. The summed E-state index contributed by atoms with van der Waals surface area (Å²) in [6.45, 7) is 1.36. The molecule has 0 aliphatic carbocycles. The summed E-state index contributed by atoms with van der Waals surface area (Å²) >= 11 is 0. The maximum atomic E-state index is 12.2. The lowest BCUT2D eigenvalue weighted by Crippen LogP contribution is -2.35. The number of H-pyrrole nitrogens is 1. The molecule has 6 heteroatoms. The fourth-order valence-corrected chi connectivity index (χ4v) is 3.05. The highest BCUT2D eigenvalue weighted by Crippen LogP contribution is 2.25. The second-order valence-corrected chi connectivity index (χ2v) is 6.19. The molecular weight excluding hydrogens is 332 g/mol. The highest BCUT2D eigenvalue weighted by Gasteiger charge is 2.19. The quantitative estimate of drug-likeness (QED) is 0.784. The molecule has 0 unspecified atom stereocenters. The second-order valence-electron chi connectivity index (χ2n) is 6.19. The zero-order valence-electron chi connectivity index (χ0n) is 14.1. The van der Waals surface area contributed by atoms with Crippen molar-refractivity contribution in [3.8, 4) is 0 Å². The molecule has 6 nitrogen and oxygen atoms in total. The summed E-state index contributed by atoms with van der Waals surface area (Å²) in [6.07, 6.45) is 2.43. The summed E-state index contributed by atoms with van der Waals surface area (Å²) in [5, 5.41) is 0. The van der Waals surface area contributed by atoms with E-state index in [0.29, 0.717) is 24.2 Å². The number of amides is 1. The SMILES string of the molecule is O=C(OCc1ccccc1)N1CC=C(c2ccc3[nH]c(=O)oc3c2)CC1. The van der Waals surface area contributed by atoms with Crippen molar-refractivity contribution in [1.29, 1.82) is 0 Å². The number of oxazole rings is 1. The van der Waals surface area contributed by atoms with Crippen LogP contribution in [0.3, 0.4) is 0 Å². The van der Waals surface area contributed by atoms with Crippen LogP contribution in [-0.4, -0.2) is 29.1 Å². The second kappa shape index (κ2) is 6.92. The Morgan fingerprint density at radius 3 is 2.81 bits per heavy atom. The first kappa shape index (κ1) is 16.2. The first-order valence-corrected chi connectivity index (χ1v) is 8.47. The van der Waals surface area contributed by atoms with Gasteiger partial charge in [-0.15, -0.1) is 0 Å². The minimum Gasteiger partial charge on any atom is -0.445 e. The molecule has 0 radical (unpaired) electrons. The Labute approximate surface area is 149 Å². The lowest BCUT2D eigenvalue weighted by atomic mass is 9.99. The maximum absolute atomic E-state index is 12.2.